The van der Waals surface area contributed by atoms with Crippen molar-refractivity contribution in [2.45, 2.75) is 129 Å². The van der Waals surface area contributed by atoms with Crippen molar-refractivity contribution < 1.29 is 4.57 Å². The summed E-state index contributed by atoms with van der Waals surface area (Å²) in [4.78, 5) is 3.49. The first-order valence-corrected chi connectivity index (χ1v) is 11.8. The molecular weight excluding hydrogens is 316 g/mol. The third-order valence-corrected chi connectivity index (χ3v) is 5.86. The van der Waals surface area contributed by atoms with Crippen LogP contribution in [0.3, 0.4) is 0 Å². The van der Waals surface area contributed by atoms with Crippen molar-refractivity contribution in [3.8, 4) is 0 Å². The SMILES string of the molecule is CCCCCCCCCCCCCC[C@H](CCCCC)c1[nH]cc[n+]1C. The summed E-state index contributed by atoms with van der Waals surface area (Å²) in [6.45, 7) is 4.60. The summed E-state index contributed by atoms with van der Waals surface area (Å²) in [6.07, 6.45) is 28.3. The van der Waals surface area contributed by atoms with Crippen LogP contribution in [-0.4, -0.2) is 4.98 Å². The molecule has 0 bridgehead atoms. The molecule has 0 aliphatic heterocycles. The van der Waals surface area contributed by atoms with Crippen molar-refractivity contribution in [2.75, 3.05) is 0 Å². The molecule has 26 heavy (non-hydrogen) atoms. The van der Waals surface area contributed by atoms with E-state index in [0.717, 1.165) is 5.92 Å². The van der Waals surface area contributed by atoms with Gasteiger partial charge in [-0.05, 0) is 12.8 Å². The van der Waals surface area contributed by atoms with E-state index >= 15 is 0 Å². The zero-order valence-corrected chi connectivity index (χ0v) is 18.2. The average molecular weight is 364 g/mol. The van der Waals surface area contributed by atoms with Gasteiger partial charge in [0, 0.05) is 0 Å². The molecule has 0 fully saturated rings. The van der Waals surface area contributed by atoms with Gasteiger partial charge in [-0.1, -0.05) is 110 Å². The lowest BCUT2D eigenvalue weighted by atomic mass is 9.93. The maximum absolute atomic E-state index is 3.49. The first kappa shape index (κ1) is 23.2. The highest BCUT2D eigenvalue weighted by Crippen LogP contribution is 2.25. The van der Waals surface area contributed by atoms with Crippen LogP contribution in [-0.2, 0) is 7.05 Å². The van der Waals surface area contributed by atoms with Gasteiger partial charge in [0.25, 0.3) is 5.82 Å². The van der Waals surface area contributed by atoms with E-state index in [4.69, 9.17) is 0 Å². The summed E-state index contributed by atoms with van der Waals surface area (Å²) in [5.74, 6) is 2.16. The van der Waals surface area contributed by atoms with Gasteiger partial charge >= 0.3 is 0 Å². The second kappa shape index (κ2) is 16.4. The van der Waals surface area contributed by atoms with Crippen LogP contribution in [0.4, 0.5) is 0 Å². The summed E-state index contributed by atoms with van der Waals surface area (Å²) in [5, 5.41) is 0. The predicted molar refractivity (Wildman–Crippen MR) is 115 cm³/mol. The monoisotopic (exact) mass is 363 g/mol. The minimum absolute atomic E-state index is 0.727. The summed E-state index contributed by atoms with van der Waals surface area (Å²) >= 11 is 0. The van der Waals surface area contributed by atoms with Crippen molar-refractivity contribution >= 4 is 0 Å². The number of rotatable bonds is 18. The highest BCUT2D eigenvalue weighted by molar-refractivity contribution is 4.89. The zero-order chi connectivity index (χ0) is 18.9. The number of nitrogens with zero attached hydrogens (tertiary/aromatic N) is 1. The number of aryl methyl sites for hydroxylation is 1. The Bertz CT molecular complexity index is 410. The van der Waals surface area contributed by atoms with Crippen LogP contribution in [0.2, 0.25) is 0 Å². The van der Waals surface area contributed by atoms with E-state index in [1.54, 1.807) is 0 Å². The fourth-order valence-electron chi connectivity index (χ4n) is 4.11. The second-order valence-corrected chi connectivity index (χ2v) is 8.33. The first-order chi connectivity index (χ1) is 12.8. The molecule has 152 valence electrons. The van der Waals surface area contributed by atoms with Crippen molar-refractivity contribution in [2.24, 2.45) is 7.05 Å². The Labute approximate surface area is 164 Å². The summed E-state index contributed by atoms with van der Waals surface area (Å²) in [5.41, 5.74) is 0. The van der Waals surface area contributed by atoms with Gasteiger partial charge in [-0.25, -0.2) is 9.55 Å². The molecule has 1 N–H and O–H groups in total. The van der Waals surface area contributed by atoms with Gasteiger partial charge in [-0.15, -0.1) is 0 Å². The molecule has 1 rings (SSSR count). The third kappa shape index (κ3) is 11.0. The molecule has 2 heteroatoms. The van der Waals surface area contributed by atoms with E-state index in [-0.39, 0.29) is 0 Å². The molecule has 0 spiro atoms. The largest absolute Gasteiger partial charge is 0.257 e. The molecule has 0 unspecified atom stereocenters. The van der Waals surface area contributed by atoms with Crippen LogP contribution >= 0.6 is 0 Å². The quantitative estimate of drug-likeness (QED) is 0.205. The zero-order valence-electron chi connectivity index (χ0n) is 18.2. The van der Waals surface area contributed by atoms with Gasteiger partial charge in [0.1, 0.15) is 12.4 Å². The summed E-state index contributed by atoms with van der Waals surface area (Å²) < 4.78 is 2.29. The molecule has 1 aromatic rings. The molecule has 1 heterocycles. The lowest BCUT2D eigenvalue weighted by molar-refractivity contribution is -0.679. The van der Waals surface area contributed by atoms with E-state index in [9.17, 15) is 0 Å². The van der Waals surface area contributed by atoms with E-state index in [1.807, 2.05) is 0 Å². The molecule has 1 aromatic heterocycles. The van der Waals surface area contributed by atoms with Gasteiger partial charge in [0.05, 0.1) is 13.0 Å². The lowest BCUT2D eigenvalue weighted by Gasteiger charge is -2.13. The number of imidazole rings is 1. The number of H-pyrrole nitrogens is 1. The molecule has 0 radical (unpaired) electrons. The van der Waals surface area contributed by atoms with Gasteiger partial charge in [0.15, 0.2) is 0 Å². The maximum Gasteiger partial charge on any atom is 0.257 e. The Balaban J connectivity index is 2.05. The number of nitrogens with one attached hydrogen (secondary N) is 1. The maximum atomic E-state index is 3.49. The number of hydrogen-bond donors (Lipinski definition) is 1. The van der Waals surface area contributed by atoms with Crippen LogP contribution in [0.25, 0.3) is 0 Å². The summed E-state index contributed by atoms with van der Waals surface area (Å²) in [7, 11) is 2.18. The van der Waals surface area contributed by atoms with Crippen LogP contribution in [0.15, 0.2) is 12.4 Å². The highest BCUT2D eigenvalue weighted by Gasteiger charge is 2.20. The second-order valence-electron chi connectivity index (χ2n) is 8.33. The van der Waals surface area contributed by atoms with Crippen molar-refractivity contribution in [3.05, 3.63) is 18.2 Å². The van der Waals surface area contributed by atoms with Crippen LogP contribution in [0.1, 0.15) is 135 Å². The topological polar surface area (TPSA) is 19.7 Å². The molecule has 0 saturated heterocycles. The Kier molecular flexibility index (Phi) is 14.7. The molecule has 0 aliphatic carbocycles. The normalized spacial score (nSPS) is 12.6. The van der Waals surface area contributed by atoms with Gasteiger partial charge in [0.2, 0.25) is 0 Å². The lowest BCUT2D eigenvalue weighted by Crippen LogP contribution is -2.32. The van der Waals surface area contributed by atoms with Crippen molar-refractivity contribution in [3.63, 3.8) is 0 Å². The minimum atomic E-state index is 0.727. The fraction of sp³-hybridized carbons (Fsp3) is 0.875. The average Bonchev–Trinajstić information content (AvgIpc) is 3.07. The van der Waals surface area contributed by atoms with E-state index in [2.05, 4.69) is 42.8 Å². The Hall–Kier alpha value is -0.790. The van der Waals surface area contributed by atoms with Crippen LogP contribution in [0, 0.1) is 0 Å². The van der Waals surface area contributed by atoms with E-state index in [0.29, 0.717) is 0 Å². The van der Waals surface area contributed by atoms with Gasteiger partial charge < -0.3 is 0 Å². The van der Waals surface area contributed by atoms with E-state index < -0.39 is 0 Å². The van der Waals surface area contributed by atoms with Crippen LogP contribution in [0.5, 0.6) is 0 Å². The first-order valence-electron chi connectivity index (χ1n) is 11.8. The highest BCUT2D eigenvalue weighted by atomic mass is 15.0. The summed E-state index contributed by atoms with van der Waals surface area (Å²) in [6, 6.07) is 0. The molecule has 2 nitrogen and oxygen atoms in total. The Morgan fingerprint density at radius 3 is 1.58 bits per heavy atom. The van der Waals surface area contributed by atoms with Crippen molar-refractivity contribution in [1.29, 1.82) is 0 Å². The third-order valence-electron chi connectivity index (χ3n) is 5.86. The van der Waals surface area contributed by atoms with Gasteiger partial charge in [-0.2, -0.15) is 0 Å². The van der Waals surface area contributed by atoms with Gasteiger partial charge in [-0.3, -0.25) is 0 Å². The molecule has 1 atom stereocenters. The molecule has 0 aromatic carbocycles. The number of hydrogen-bond acceptors (Lipinski definition) is 0. The molecular formula is C24H47N2+. The number of aromatic nitrogens is 2. The molecule has 0 aliphatic rings. The Morgan fingerprint density at radius 2 is 1.12 bits per heavy atom. The number of unbranched alkanes of at least 4 members (excludes halogenated alkanes) is 13. The van der Waals surface area contributed by atoms with Crippen molar-refractivity contribution in [1.82, 2.24) is 4.98 Å². The minimum Gasteiger partial charge on any atom is -0.247 e. The Morgan fingerprint density at radius 1 is 0.692 bits per heavy atom. The predicted octanol–water partition coefficient (Wildman–Crippen LogP) is 7.59. The smallest absolute Gasteiger partial charge is 0.247 e. The van der Waals surface area contributed by atoms with E-state index in [1.165, 1.54) is 115 Å². The number of aromatic amines is 1. The molecule has 0 amide bonds. The molecule has 0 saturated carbocycles. The standard InChI is InChI=1S/C24H46N2/c1-4-6-8-9-10-11-12-13-14-15-16-18-20-23(19-17-7-5-2)24-25-21-22-26(24)3/h21-23H,4-20H2,1-3H3/p+1/t23-/m0/s1. The fourth-order valence-corrected chi connectivity index (χ4v) is 4.11. The van der Waals surface area contributed by atoms with Crippen LogP contribution < -0.4 is 4.57 Å².